The highest BCUT2D eigenvalue weighted by molar-refractivity contribution is 7.11. The Morgan fingerprint density at radius 1 is 1.40 bits per heavy atom. The Balaban J connectivity index is 1.46. The molecule has 4 rings (SSSR count). The summed E-state index contributed by atoms with van der Waals surface area (Å²) < 4.78 is 2.10. The lowest BCUT2D eigenvalue weighted by molar-refractivity contribution is 0.0951. The van der Waals surface area contributed by atoms with Crippen LogP contribution in [0.3, 0.4) is 0 Å². The second-order valence-corrected chi connectivity index (χ2v) is 7.67. The second-order valence-electron chi connectivity index (χ2n) is 6.50. The summed E-state index contributed by atoms with van der Waals surface area (Å²) >= 11 is 1.68. The van der Waals surface area contributed by atoms with Crippen LogP contribution in [0.4, 0.5) is 0 Å². The highest BCUT2D eigenvalue weighted by atomic mass is 32.1. The van der Waals surface area contributed by atoms with E-state index in [1.54, 1.807) is 17.5 Å². The molecule has 0 aromatic carbocycles. The molecule has 0 unspecified atom stereocenters. The molecule has 0 atom stereocenters. The fourth-order valence-corrected chi connectivity index (χ4v) is 4.01. The van der Waals surface area contributed by atoms with Gasteiger partial charge in [0.1, 0.15) is 5.52 Å². The van der Waals surface area contributed by atoms with Crippen LogP contribution in [0.2, 0.25) is 0 Å². The van der Waals surface area contributed by atoms with Gasteiger partial charge in [-0.1, -0.05) is 6.92 Å². The molecule has 1 N–H and O–H groups in total. The van der Waals surface area contributed by atoms with Crippen molar-refractivity contribution in [2.45, 2.75) is 52.1 Å². The third-order valence-corrected chi connectivity index (χ3v) is 5.64. The molecule has 3 heterocycles. The van der Waals surface area contributed by atoms with E-state index in [1.807, 2.05) is 19.3 Å². The molecule has 0 saturated heterocycles. The van der Waals surface area contributed by atoms with Crippen LogP contribution in [0.5, 0.6) is 0 Å². The summed E-state index contributed by atoms with van der Waals surface area (Å²) in [5.74, 6) is -0.125. The predicted octanol–water partition coefficient (Wildman–Crippen LogP) is 3.41. The van der Waals surface area contributed by atoms with Gasteiger partial charge < -0.3 is 9.88 Å². The lowest BCUT2D eigenvalue weighted by atomic mass is 10.2. The Hall–Kier alpha value is -2.28. The van der Waals surface area contributed by atoms with Crippen LogP contribution in [-0.4, -0.2) is 25.4 Å². The maximum Gasteiger partial charge on any atom is 0.253 e. The maximum absolute atomic E-state index is 12.5. The number of nitrogens with one attached hydrogen (secondary N) is 1. The van der Waals surface area contributed by atoms with Crippen molar-refractivity contribution >= 4 is 28.4 Å². The van der Waals surface area contributed by atoms with Crippen molar-refractivity contribution in [3.63, 3.8) is 0 Å². The normalized spacial score (nSPS) is 14.2. The molecule has 1 saturated carbocycles. The molecule has 7 heteroatoms. The van der Waals surface area contributed by atoms with E-state index in [9.17, 15) is 4.79 Å². The number of fused-ring (bicyclic) bond motifs is 1. The van der Waals surface area contributed by atoms with E-state index in [4.69, 9.17) is 0 Å². The van der Waals surface area contributed by atoms with E-state index in [1.165, 1.54) is 12.8 Å². The number of carbonyl (C=O) groups is 1. The number of aromatic nitrogens is 4. The fraction of sp³-hybridized carbons (Fsp3) is 0.444. The Morgan fingerprint density at radius 2 is 2.24 bits per heavy atom. The van der Waals surface area contributed by atoms with E-state index < -0.39 is 0 Å². The van der Waals surface area contributed by atoms with Crippen LogP contribution < -0.4 is 5.32 Å². The molecule has 0 radical (unpaired) electrons. The van der Waals surface area contributed by atoms with E-state index in [0.29, 0.717) is 18.2 Å². The van der Waals surface area contributed by atoms with Crippen LogP contribution in [0.1, 0.15) is 58.2 Å². The average Bonchev–Trinajstić information content (AvgIpc) is 3.27. The van der Waals surface area contributed by atoms with Gasteiger partial charge in [0.2, 0.25) is 0 Å². The third-order valence-electron chi connectivity index (χ3n) is 4.43. The molecular weight excluding hydrogens is 334 g/mol. The molecule has 1 amide bonds. The lowest BCUT2D eigenvalue weighted by Crippen LogP contribution is -2.22. The topological polar surface area (TPSA) is 72.7 Å². The van der Waals surface area contributed by atoms with Gasteiger partial charge >= 0.3 is 0 Å². The summed E-state index contributed by atoms with van der Waals surface area (Å²) in [6.07, 6.45) is 7.90. The van der Waals surface area contributed by atoms with Crippen molar-refractivity contribution in [1.29, 1.82) is 0 Å². The highest BCUT2D eigenvalue weighted by Gasteiger charge is 2.25. The number of thiazole rings is 1. The van der Waals surface area contributed by atoms with Crippen LogP contribution >= 0.6 is 11.3 Å². The minimum absolute atomic E-state index is 0.125. The van der Waals surface area contributed by atoms with Gasteiger partial charge in [-0.15, -0.1) is 11.3 Å². The van der Waals surface area contributed by atoms with Gasteiger partial charge in [0.05, 0.1) is 29.1 Å². The molecule has 1 aliphatic carbocycles. The first-order valence-corrected chi connectivity index (χ1v) is 9.53. The summed E-state index contributed by atoms with van der Waals surface area (Å²) in [5, 5.41) is 4.11. The molecule has 1 fully saturated rings. The first-order chi connectivity index (χ1) is 12.2. The monoisotopic (exact) mass is 355 g/mol. The Labute approximate surface area is 150 Å². The molecule has 6 nitrogen and oxygen atoms in total. The summed E-state index contributed by atoms with van der Waals surface area (Å²) in [6, 6.07) is 2.35. The van der Waals surface area contributed by atoms with Gasteiger partial charge in [-0.25, -0.2) is 15.0 Å². The summed E-state index contributed by atoms with van der Waals surface area (Å²) in [5.41, 5.74) is 3.19. The first-order valence-electron chi connectivity index (χ1n) is 8.71. The first kappa shape index (κ1) is 16.2. The Kier molecular flexibility index (Phi) is 4.25. The average molecular weight is 355 g/mol. The molecule has 1 aliphatic rings. The van der Waals surface area contributed by atoms with Crippen LogP contribution in [0.25, 0.3) is 11.2 Å². The SMILES string of the molecule is CCCc1nc(C)c(CNC(=O)c2cnc3c(c2)ncn3C2CC2)s1. The minimum atomic E-state index is -0.125. The van der Waals surface area contributed by atoms with Crippen molar-refractivity contribution in [2.24, 2.45) is 0 Å². The largest absolute Gasteiger partial charge is 0.347 e. The standard InChI is InChI=1S/C18H21N5OS/c1-3-4-16-22-11(2)15(25-16)9-20-18(24)12-7-14-17(19-8-12)23(10-21-14)13-5-6-13/h7-8,10,13H,3-6,9H2,1-2H3,(H,20,24). The number of rotatable bonds is 6. The number of pyridine rings is 1. The van der Waals surface area contributed by atoms with Crippen molar-refractivity contribution in [3.8, 4) is 0 Å². The van der Waals surface area contributed by atoms with E-state index >= 15 is 0 Å². The molecule has 3 aromatic heterocycles. The number of imidazole rings is 1. The van der Waals surface area contributed by atoms with Crippen molar-refractivity contribution in [3.05, 3.63) is 39.7 Å². The van der Waals surface area contributed by atoms with Crippen LogP contribution in [-0.2, 0) is 13.0 Å². The lowest BCUT2D eigenvalue weighted by Gasteiger charge is -2.05. The van der Waals surface area contributed by atoms with E-state index in [-0.39, 0.29) is 5.91 Å². The molecule has 3 aromatic rings. The smallest absolute Gasteiger partial charge is 0.253 e. The number of carbonyl (C=O) groups excluding carboxylic acids is 1. The number of aryl methyl sites for hydroxylation is 2. The van der Waals surface area contributed by atoms with Crippen molar-refractivity contribution in [1.82, 2.24) is 24.8 Å². The number of nitrogens with zero attached hydrogens (tertiary/aromatic N) is 4. The zero-order valence-corrected chi connectivity index (χ0v) is 15.3. The maximum atomic E-state index is 12.5. The predicted molar refractivity (Wildman–Crippen MR) is 97.8 cm³/mol. The van der Waals surface area contributed by atoms with Crippen molar-refractivity contribution in [2.75, 3.05) is 0 Å². The molecule has 130 valence electrons. The number of amides is 1. The quantitative estimate of drug-likeness (QED) is 0.735. The number of hydrogen-bond donors (Lipinski definition) is 1. The van der Waals surface area contributed by atoms with Gasteiger partial charge in [-0.05, 0) is 38.7 Å². The summed E-state index contributed by atoms with van der Waals surface area (Å²) in [4.78, 5) is 27.0. The van der Waals surface area contributed by atoms with Gasteiger partial charge in [0.15, 0.2) is 5.65 Å². The van der Waals surface area contributed by atoms with Gasteiger partial charge in [0.25, 0.3) is 5.91 Å². The van der Waals surface area contributed by atoms with E-state index in [2.05, 4.69) is 31.8 Å². The van der Waals surface area contributed by atoms with E-state index in [0.717, 1.165) is 39.6 Å². The Morgan fingerprint density at radius 3 is 3.00 bits per heavy atom. The minimum Gasteiger partial charge on any atom is -0.347 e. The zero-order valence-electron chi connectivity index (χ0n) is 14.5. The number of hydrogen-bond acceptors (Lipinski definition) is 5. The Bertz CT molecular complexity index is 925. The molecule has 0 aliphatic heterocycles. The third kappa shape index (κ3) is 3.28. The van der Waals surface area contributed by atoms with Gasteiger partial charge in [-0.3, -0.25) is 4.79 Å². The highest BCUT2D eigenvalue weighted by Crippen LogP contribution is 2.36. The van der Waals surface area contributed by atoms with Gasteiger partial charge in [0, 0.05) is 17.1 Å². The molecular formula is C18H21N5OS. The van der Waals surface area contributed by atoms with Gasteiger partial charge in [-0.2, -0.15) is 0 Å². The fourth-order valence-electron chi connectivity index (χ4n) is 2.90. The van der Waals surface area contributed by atoms with Crippen LogP contribution in [0.15, 0.2) is 18.6 Å². The summed E-state index contributed by atoms with van der Waals surface area (Å²) in [6.45, 7) is 4.64. The van der Waals surface area contributed by atoms with Crippen LogP contribution in [0, 0.1) is 6.92 Å². The molecule has 0 spiro atoms. The van der Waals surface area contributed by atoms with Crippen molar-refractivity contribution < 1.29 is 4.79 Å². The molecule has 25 heavy (non-hydrogen) atoms. The summed E-state index contributed by atoms with van der Waals surface area (Å²) in [7, 11) is 0. The second kappa shape index (κ2) is 6.55. The zero-order chi connectivity index (χ0) is 17.4. The molecule has 0 bridgehead atoms.